The van der Waals surface area contributed by atoms with Crippen molar-refractivity contribution in [2.75, 3.05) is 6.54 Å². The third-order valence-corrected chi connectivity index (χ3v) is 2.03. The molecule has 1 radical (unpaired) electrons. The van der Waals surface area contributed by atoms with Gasteiger partial charge in [-0.2, -0.15) is 0 Å². The summed E-state index contributed by atoms with van der Waals surface area (Å²) < 4.78 is 0. The number of rotatable bonds is 4. The second-order valence-corrected chi connectivity index (χ2v) is 3.32. The molecule has 0 aliphatic carbocycles. The minimum Gasteiger partial charge on any atom is -0.352 e. The molecule has 0 atom stereocenters. The highest BCUT2D eigenvalue weighted by Gasteiger charge is 2.02. The predicted molar refractivity (Wildman–Crippen MR) is 58.1 cm³/mol. The Balaban J connectivity index is 2.48. The monoisotopic (exact) mass is 190 g/mol. The van der Waals surface area contributed by atoms with Crippen LogP contribution in [0.15, 0.2) is 24.3 Å². The third-order valence-electron chi connectivity index (χ3n) is 2.03. The van der Waals surface area contributed by atoms with Crippen molar-refractivity contribution in [1.29, 1.82) is 0 Å². The number of carbonyl (C=O) groups excluding carboxylic acids is 1. The van der Waals surface area contributed by atoms with Gasteiger partial charge in [0.05, 0.1) is 0 Å². The SMILES string of the molecule is C[CH]CCNC(=O)c1ccc(C)cc1. The van der Waals surface area contributed by atoms with Crippen LogP contribution >= 0.6 is 0 Å². The van der Waals surface area contributed by atoms with Crippen LogP contribution in [0, 0.1) is 13.3 Å². The van der Waals surface area contributed by atoms with Crippen molar-refractivity contribution in [2.24, 2.45) is 0 Å². The van der Waals surface area contributed by atoms with Crippen LogP contribution in [0.1, 0.15) is 29.3 Å². The van der Waals surface area contributed by atoms with Gasteiger partial charge in [-0.1, -0.05) is 24.6 Å². The van der Waals surface area contributed by atoms with E-state index in [1.807, 2.05) is 44.5 Å². The molecule has 0 aliphatic rings. The smallest absolute Gasteiger partial charge is 0.251 e. The van der Waals surface area contributed by atoms with Crippen molar-refractivity contribution in [1.82, 2.24) is 5.32 Å². The van der Waals surface area contributed by atoms with Crippen LogP contribution in [0.5, 0.6) is 0 Å². The molecule has 1 N–H and O–H groups in total. The molecule has 75 valence electrons. The van der Waals surface area contributed by atoms with Crippen molar-refractivity contribution in [3.05, 3.63) is 41.8 Å². The number of unbranched alkanes of at least 4 members (excludes halogenated alkanes) is 1. The van der Waals surface area contributed by atoms with E-state index in [0.29, 0.717) is 6.54 Å². The molecule has 0 aromatic heterocycles. The summed E-state index contributed by atoms with van der Waals surface area (Å²) in [5.74, 6) is 0.00634. The van der Waals surface area contributed by atoms with E-state index in [1.54, 1.807) is 0 Å². The van der Waals surface area contributed by atoms with E-state index < -0.39 is 0 Å². The Bertz CT molecular complexity index is 290. The molecule has 1 rings (SSSR count). The first kappa shape index (κ1) is 10.8. The Morgan fingerprint density at radius 1 is 1.36 bits per heavy atom. The molecule has 0 spiro atoms. The lowest BCUT2D eigenvalue weighted by Gasteiger charge is -2.03. The van der Waals surface area contributed by atoms with E-state index in [4.69, 9.17) is 0 Å². The Labute approximate surface area is 85.3 Å². The first-order chi connectivity index (χ1) is 6.74. The van der Waals surface area contributed by atoms with Gasteiger partial charge >= 0.3 is 0 Å². The van der Waals surface area contributed by atoms with E-state index in [9.17, 15) is 4.79 Å². The first-order valence-corrected chi connectivity index (χ1v) is 4.86. The molecular formula is C12H16NO. The summed E-state index contributed by atoms with van der Waals surface area (Å²) in [5, 5.41) is 2.85. The zero-order valence-corrected chi connectivity index (χ0v) is 8.71. The van der Waals surface area contributed by atoms with Crippen LogP contribution in [0.4, 0.5) is 0 Å². The zero-order valence-electron chi connectivity index (χ0n) is 8.71. The third kappa shape index (κ3) is 3.21. The first-order valence-electron chi connectivity index (χ1n) is 4.86. The van der Waals surface area contributed by atoms with Gasteiger partial charge < -0.3 is 5.32 Å². The summed E-state index contributed by atoms with van der Waals surface area (Å²) in [4.78, 5) is 11.5. The number of aryl methyl sites for hydroxylation is 1. The summed E-state index contributed by atoms with van der Waals surface area (Å²) >= 11 is 0. The molecule has 0 saturated heterocycles. The highest BCUT2D eigenvalue weighted by atomic mass is 16.1. The number of hydrogen-bond acceptors (Lipinski definition) is 1. The Morgan fingerprint density at radius 2 is 2.00 bits per heavy atom. The molecule has 1 aromatic carbocycles. The lowest BCUT2D eigenvalue weighted by Crippen LogP contribution is -2.24. The second-order valence-electron chi connectivity index (χ2n) is 3.32. The number of hydrogen-bond donors (Lipinski definition) is 1. The van der Waals surface area contributed by atoms with Gasteiger partial charge in [-0.25, -0.2) is 0 Å². The largest absolute Gasteiger partial charge is 0.352 e. The van der Waals surface area contributed by atoms with Crippen LogP contribution in [0.3, 0.4) is 0 Å². The average molecular weight is 190 g/mol. The molecule has 1 aromatic rings. The van der Waals surface area contributed by atoms with Crippen molar-refractivity contribution >= 4 is 5.91 Å². The van der Waals surface area contributed by atoms with Crippen LogP contribution in [0.25, 0.3) is 0 Å². The van der Waals surface area contributed by atoms with Gasteiger partial charge in [0.15, 0.2) is 0 Å². The summed E-state index contributed by atoms with van der Waals surface area (Å²) in [7, 11) is 0. The van der Waals surface area contributed by atoms with E-state index in [2.05, 4.69) is 5.32 Å². The van der Waals surface area contributed by atoms with Crippen molar-refractivity contribution in [3.8, 4) is 0 Å². The standard InChI is InChI=1S/C12H16NO/c1-3-4-9-13-12(14)11-7-5-10(2)6-8-11/h3,5-8H,4,9H2,1-2H3,(H,13,14). The van der Waals surface area contributed by atoms with Crippen LogP contribution in [0.2, 0.25) is 0 Å². The van der Waals surface area contributed by atoms with Crippen molar-refractivity contribution in [2.45, 2.75) is 20.3 Å². The fourth-order valence-electron chi connectivity index (χ4n) is 1.14. The normalized spacial score (nSPS) is 9.86. The van der Waals surface area contributed by atoms with Crippen molar-refractivity contribution in [3.63, 3.8) is 0 Å². The maximum Gasteiger partial charge on any atom is 0.251 e. The molecule has 0 bridgehead atoms. The Hall–Kier alpha value is -1.31. The lowest BCUT2D eigenvalue weighted by atomic mass is 10.1. The van der Waals surface area contributed by atoms with Crippen LogP contribution < -0.4 is 5.32 Å². The minimum absolute atomic E-state index is 0.00634. The molecule has 14 heavy (non-hydrogen) atoms. The maximum absolute atomic E-state index is 11.5. The minimum atomic E-state index is 0.00634. The second kappa shape index (κ2) is 5.43. The van der Waals surface area contributed by atoms with E-state index in [1.165, 1.54) is 5.56 Å². The number of nitrogens with one attached hydrogen (secondary N) is 1. The fourth-order valence-corrected chi connectivity index (χ4v) is 1.14. The van der Waals surface area contributed by atoms with Gasteiger partial charge in [-0.05, 0) is 31.9 Å². The molecule has 0 saturated carbocycles. The van der Waals surface area contributed by atoms with Gasteiger partial charge in [0.25, 0.3) is 5.91 Å². The number of amides is 1. The number of carbonyl (C=O) groups is 1. The summed E-state index contributed by atoms with van der Waals surface area (Å²) in [5.41, 5.74) is 1.90. The Kier molecular flexibility index (Phi) is 4.17. The Morgan fingerprint density at radius 3 is 2.57 bits per heavy atom. The van der Waals surface area contributed by atoms with E-state index >= 15 is 0 Å². The molecule has 0 aliphatic heterocycles. The van der Waals surface area contributed by atoms with Gasteiger partial charge in [0, 0.05) is 12.1 Å². The quantitative estimate of drug-likeness (QED) is 0.725. The molecular weight excluding hydrogens is 174 g/mol. The maximum atomic E-state index is 11.5. The fraction of sp³-hybridized carbons (Fsp3) is 0.333. The van der Waals surface area contributed by atoms with Crippen molar-refractivity contribution < 1.29 is 4.79 Å². The lowest BCUT2D eigenvalue weighted by molar-refractivity contribution is 0.0954. The number of benzene rings is 1. The van der Waals surface area contributed by atoms with Gasteiger partial charge in [-0.15, -0.1) is 0 Å². The predicted octanol–water partition coefficient (Wildman–Crippen LogP) is 2.34. The van der Waals surface area contributed by atoms with Crippen LogP contribution in [-0.2, 0) is 0 Å². The topological polar surface area (TPSA) is 29.1 Å². The highest BCUT2D eigenvalue weighted by Crippen LogP contribution is 2.02. The summed E-state index contributed by atoms with van der Waals surface area (Å²) in [6.45, 7) is 4.70. The average Bonchev–Trinajstić information content (AvgIpc) is 2.19. The van der Waals surface area contributed by atoms with E-state index in [-0.39, 0.29) is 5.91 Å². The molecule has 2 nitrogen and oxygen atoms in total. The van der Waals surface area contributed by atoms with Gasteiger partial charge in [0.2, 0.25) is 0 Å². The summed E-state index contributed by atoms with van der Waals surface area (Å²) in [6.07, 6.45) is 2.95. The van der Waals surface area contributed by atoms with E-state index in [0.717, 1.165) is 12.0 Å². The zero-order chi connectivity index (χ0) is 10.4. The molecule has 0 fully saturated rings. The van der Waals surface area contributed by atoms with Gasteiger partial charge in [-0.3, -0.25) is 4.79 Å². The molecule has 1 amide bonds. The highest BCUT2D eigenvalue weighted by molar-refractivity contribution is 5.94. The van der Waals surface area contributed by atoms with Crippen LogP contribution in [-0.4, -0.2) is 12.5 Å². The summed E-state index contributed by atoms with van der Waals surface area (Å²) in [6, 6.07) is 7.59. The molecule has 0 heterocycles. The molecule has 0 unspecified atom stereocenters. The van der Waals surface area contributed by atoms with Gasteiger partial charge in [0.1, 0.15) is 0 Å². The molecule has 2 heteroatoms.